The first-order valence-electron chi connectivity index (χ1n) is 6.13. The molecule has 0 spiro atoms. The van der Waals surface area contributed by atoms with E-state index in [0.29, 0.717) is 11.0 Å². The van der Waals surface area contributed by atoms with Crippen LogP contribution in [0.3, 0.4) is 0 Å². The quantitative estimate of drug-likeness (QED) is 0.821. The molecule has 0 amide bonds. The van der Waals surface area contributed by atoms with E-state index in [1.54, 1.807) is 24.3 Å². The van der Waals surface area contributed by atoms with E-state index in [4.69, 9.17) is 10.2 Å². The van der Waals surface area contributed by atoms with Crippen LogP contribution in [0.1, 0.15) is 5.56 Å². The van der Waals surface area contributed by atoms with Crippen LogP contribution in [0.25, 0.3) is 16.7 Å². The van der Waals surface area contributed by atoms with Crippen molar-refractivity contribution in [1.82, 2.24) is 5.32 Å². The molecule has 0 radical (unpaired) electrons. The zero-order valence-electron chi connectivity index (χ0n) is 10.8. The second-order valence-corrected chi connectivity index (χ2v) is 4.31. The summed E-state index contributed by atoms with van der Waals surface area (Å²) in [6.07, 6.45) is 4.24. The zero-order chi connectivity index (χ0) is 14.8. The molecule has 6 heteroatoms. The van der Waals surface area contributed by atoms with E-state index in [1.807, 2.05) is 6.07 Å². The third-order valence-corrected chi connectivity index (χ3v) is 3.08. The highest BCUT2D eigenvalue weighted by molar-refractivity contribution is 6.08. The van der Waals surface area contributed by atoms with Gasteiger partial charge in [-0.15, -0.1) is 0 Å². The van der Waals surface area contributed by atoms with Crippen molar-refractivity contribution in [2.45, 2.75) is 0 Å². The Morgan fingerprint density at radius 3 is 2.95 bits per heavy atom. The molecule has 6 nitrogen and oxygen atoms in total. The van der Waals surface area contributed by atoms with Gasteiger partial charge in [-0.25, -0.2) is 4.99 Å². The number of benzene rings is 1. The number of hydrogen-bond acceptors (Lipinski definition) is 6. The van der Waals surface area contributed by atoms with Crippen molar-refractivity contribution >= 4 is 22.5 Å². The van der Waals surface area contributed by atoms with Crippen LogP contribution >= 0.6 is 0 Å². The van der Waals surface area contributed by atoms with Gasteiger partial charge in [-0.1, -0.05) is 12.1 Å². The largest absolute Gasteiger partial charge is 0.463 e. The van der Waals surface area contributed by atoms with Crippen LogP contribution < -0.4 is 16.5 Å². The van der Waals surface area contributed by atoms with Crippen LogP contribution in [0, 0.1) is 11.3 Å². The van der Waals surface area contributed by atoms with Crippen LogP contribution in [-0.4, -0.2) is 5.84 Å². The Balaban J connectivity index is 2.32. The topological polar surface area (TPSA) is 104 Å². The maximum Gasteiger partial charge on any atom is 0.202 e. The van der Waals surface area contributed by atoms with E-state index in [9.17, 15) is 10.1 Å². The van der Waals surface area contributed by atoms with Gasteiger partial charge >= 0.3 is 0 Å². The molecule has 0 fully saturated rings. The molecule has 1 aromatic carbocycles. The molecule has 1 aliphatic heterocycles. The molecule has 2 heterocycles. The number of nitrogens with zero attached hydrogens (tertiary/aromatic N) is 2. The monoisotopic (exact) mass is 278 g/mol. The summed E-state index contributed by atoms with van der Waals surface area (Å²) < 4.78 is 5.46. The molecule has 1 aromatic heterocycles. The van der Waals surface area contributed by atoms with Gasteiger partial charge in [0.25, 0.3) is 0 Å². The summed E-state index contributed by atoms with van der Waals surface area (Å²) in [6, 6.07) is 8.86. The number of nitrogens with two attached hydrogens (primary N) is 1. The third kappa shape index (κ3) is 2.07. The summed E-state index contributed by atoms with van der Waals surface area (Å²) in [6.45, 7) is 0. The van der Waals surface area contributed by atoms with E-state index in [-0.39, 0.29) is 28.1 Å². The van der Waals surface area contributed by atoms with Crippen molar-refractivity contribution < 1.29 is 4.42 Å². The maximum absolute atomic E-state index is 12.6. The van der Waals surface area contributed by atoms with Crippen molar-refractivity contribution in [2.24, 2.45) is 10.7 Å². The standard InChI is InChI=1S/C15H10N4O2/c16-7-10-13(18-5-6-19-15(10)17)11-8-21-12-4-2-1-3-9(12)14(11)20/h1-6,8,18H,(H2,17,19). The molecule has 102 valence electrons. The van der Waals surface area contributed by atoms with Crippen molar-refractivity contribution in [3.63, 3.8) is 0 Å². The van der Waals surface area contributed by atoms with E-state index >= 15 is 0 Å². The molecule has 0 saturated carbocycles. The second kappa shape index (κ2) is 4.98. The molecule has 0 unspecified atom stereocenters. The number of fused-ring (bicyclic) bond motifs is 1. The summed E-state index contributed by atoms with van der Waals surface area (Å²) in [7, 11) is 0. The first kappa shape index (κ1) is 12.7. The molecule has 1 aliphatic rings. The fourth-order valence-corrected chi connectivity index (χ4v) is 2.08. The van der Waals surface area contributed by atoms with E-state index in [1.165, 1.54) is 18.7 Å². The first-order valence-corrected chi connectivity index (χ1v) is 6.13. The fourth-order valence-electron chi connectivity index (χ4n) is 2.08. The van der Waals surface area contributed by atoms with Crippen LogP contribution in [0.2, 0.25) is 0 Å². The van der Waals surface area contributed by atoms with Gasteiger partial charge in [0, 0.05) is 12.4 Å². The summed E-state index contributed by atoms with van der Waals surface area (Å²) in [5.74, 6) is 0.0429. The van der Waals surface area contributed by atoms with Crippen LogP contribution in [0.5, 0.6) is 0 Å². The molecule has 0 bridgehead atoms. The SMILES string of the molecule is N#CC1=C(c2coc3ccccc3c2=O)NC=CN=C1N. The summed E-state index contributed by atoms with van der Waals surface area (Å²) >= 11 is 0. The van der Waals surface area contributed by atoms with Crippen molar-refractivity contribution in [3.8, 4) is 6.07 Å². The lowest BCUT2D eigenvalue weighted by molar-refractivity contribution is 0.600. The van der Waals surface area contributed by atoms with Gasteiger partial charge in [-0.2, -0.15) is 5.26 Å². The average Bonchev–Trinajstić information content (AvgIpc) is 2.69. The highest BCUT2D eigenvalue weighted by atomic mass is 16.3. The molecule has 0 saturated heterocycles. The zero-order valence-corrected chi connectivity index (χ0v) is 10.8. The summed E-state index contributed by atoms with van der Waals surface area (Å²) in [4.78, 5) is 16.4. The van der Waals surface area contributed by atoms with Crippen molar-refractivity contribution in [1.29, 1.82) is 5.26 Å². The number of nitrogens with one attached hydrogen (secondary N) is 1. The number of rotatable bonds is 1. The Labute approximate surface area is 119 Å². The Bertz CT molecular complexity index is 913. The van der Waals surface area contributed by atoms with E-state index in [0.717, 1.165) is 0 Å². The van der Waals surface area contributed by atoms with E-state index < -0.39 is 0 Å². The fraction of sp³-hybridized carbons (Fsp3) is 0. The Morgan fingerprint density at radius 2 is 2.14 bits per heavy atom. The van der Waals surface area contributed by atoms with Gasteiger partial charge in [0.1, 0.15) is 29.3 Å². The maximum atomic E-state index is 12.6. The average molecular weight is 278 g/mol. The van der Waals surface area contributed by atoms with Gasteiger partial charge in [-0.05, 0) is 12.1 Å². The lowest BCUT2D eigenvalue weighted by Gasteiger charge is -2.08. The number of hydrogen-bond donors (Lipinski definition) is 2. The Kier molecular flexibility index (Phi) is 3.01. The van der Waals surface area contributed by atoms with E-state index in [2.05, 4.69) is 10.3 Å². The third-order valence-electron chi connectivity index (χ3n) is 3.08. The lowest BCUT2D eigenvalue weighted by atomic mass is 10.1. The highest BCUT2D eigenvalue weighted by Gasteiger charge is 2.18. The molecule has 2 aromatic rings. The van der Waals surface area contributed by atoms with Crippen LogP contribution in [-0.2, 0) is 0 Å². The molecule has 0 atom stereocenters. The number of nitriles is 1. The van der Waals surface area contributed by atoms with Crippen molar-refractivity contribution in [3.05, 3.63) is 64.3 Å². The number of aliphatic imine (C=N–C) groups is 1. The molecule has 3 N–H and O–H groups in total. The summed E-state index contributed by atoms with van der Waals surface area (Å²) in [5.41, 5.74) is 6.58. The molecule has 3 rings (SSSR count). The first-order chi connectivity index (χ1) is 10.2. The molecular formula is C15H10N4O2. The van der Waals surface area contributed by atoms with Crippen LogP contribution in [0.4, 0.5) is 0 Å². The van der Waals surface area contributed by atoms with Gasteiger partial charge in [0.2, 0.25) is 5.43 Å². The van der Waals surface area contributed by atoms with Gasteiger partial charge < -0.3 is 15.5 Å². The Hall–Kier alpha value is -3.33. The normalized spacial score (nSPS) is 14.3. The molecule has 0 aliphatic carbocycles. The minimum atomic E-state index is -0.241. The Morgan fingerprint density at radius 1 is 1.33 bits per heavy atom. The minimum Gasteiger partial charge on any atom is -0.463 e. The predicted molar refractivity (Wildman–Crippen MR) is 78.9 cm³/mol. The van der Waals surface area contributed by atoms with Crippen LogP contribution in [0.15, 0.2) is 62.7 Å². The molecular weight excluding hydrogens is 268 g/mol. The van der Waals surface area contributed by atoms with Crippen molar-refractivity contribution in [2.75, 3.05) is 0 Å². The summed E-state index contributed by atoms with van der Waals surface area (Å²) in [5, 5.41) is 12.5. The highest BCUT2D eigenvalue weighted by Crippen LogP contribution is 2.18. The predicted octanol–water partition coefficient (Wildman–Crippen LogP) is 1.46. The smallest absolute Gasteiger partial charge is 0.202 e. The molecule has 21 heavy (non-hydrogen) atoms. The number of para-hydroxylation sites is 1. The second-order valence-electron chi connectivity index (χ2n) is 4.31. The number of amidine groups is 1. The van der Waals surface area contributed by atoms with Gasteiger partial charge in [-0.3, -0.25) is 4.79 Å². The van der Waals surface area contributed by atoms with Gasteiger partial charge in [0.15, 0.2) is 0 Å². The minimum absolute atomic E-state index is 0.0429. The van der Waals surface area contributed by atoms with Gasteiger partial charge in [0.05, 0.1) is 16.6 Å². The lowest BCUT2D eigenvalue weighted by Crippen LogP contribution is -2.21.